The van der Waals surface area contributed by atoms with Crippen LogP contribution >= 0.6 is 0 Å². The molecule has 0 aliphatic rings. The van der Waals surface area contributed by atoms with Gasteiger partial charge in [0.15, 0.2) is 0 Å². The van der Waals surface area contributed by atoms with Crippen LogP contribution in [0.4, 0.5) is 0 Å². The summed E-state index contributed by atoms with van der Waals surface area (Å²) in [4.78, 5) is 3.17. The van der Waals surface area contributed by atoms with E-state index in [-0.39, 0.29) is 13.2 Å². The highest BCUT2D eigenvalue weighted by Crippen LogP contribution is 2.22. The van der Waals surface area contributed by atoms with Crippen LogP contribution in [0, 0.1) is 0 Å². The van der Waals surface area contributed by atoms with Gasteiger partial charge in [0, 0.05) is 23.8 Å². The fraction of sp³-hybridized carbons (Fsp3) is 0.333. The van der Waals surface area contributed by atoms with E-state index in [0.717, 1.165) is 29.3 Å². The molecule has 0 bridgehead atoms. The Labute approximate surface area is 88.4 Å². The van der Waals surface area contributed by atoms with Crippen molar-refractivity contribution in [2.75, 3.05) is 6.61 Å². The van der Waals surface area contributed by atoms with E-state index in [4.69, 9.17) is 10.2 Å². The van der Waals surface area contributed by atoms with E-state index in [0.29, 0.717) is 0 Å². The quantitative estimate of drug-likeness (QED) is 0.710. The Balaban J connectivity index is 2.42. The molecule has 0 saturated carbocycles. The maximum atomic E-state index is 9.16. The Bertz CT molecular complexity index is 448. The lowest BCUT2D eigenvalue weighted by molar-refractivity contribution is 0.283. The number of para-hydroxylation sites is 1. The SMILES string of the molecule is OCCCc1c[nH]c2c(CO)cccc12. The van der Waals surface area contributed by atoms with Crippen LogP contribution in [0.3, 0.4) is 0 Å². The van der Waals surface area contributed by atoms with Gasteiger partial charge >= 0.3 is 0 Å². The summed E-state index contributed by atoms with van der Waals surface area (Å²) < 4.78 is 0. The minimum absolute atomic E-state index is 0.0529. The predicted octanol–water partition coefficient (Wildman–Crippen LogP) is 1.59. The van der Waals surface area contributed by atoms with Crippen LogP contribution in [-0.2, 0) is 13.0 Å². The van der Waals surface area contributed by atoms with Crippen LogP contribution < -0.4 is 0 Å². The molecule has 0 aliphatic carbocycles. The summed E-state index contributed by atoms with van der Waals surface area (Å²) in [6.45, 7) is 0.268. The Hall–Kier alpha value is -1.32. The number of hydrogen-bond acceptors (Lipinski definition) is 2. The van der Waals surface area contributed by atoms with Crippen LogP contribution in [0.2, 0.25) is 0 Å². The molecule has 0 radical (unpaired) electrons. The van der Waals surface area contributed by atoms with Gasteiger partial charge in [-0.3, -0.25) is 0 Å². The molecule has 1 heterocycles. The van der Waals surface area contributed by atoms with Gasteiger partial charge in [0.2, 0.25) is 0 Å². The van der Waals surface area contributed by atoms with Gasteiger partial charge in [-0.15, -0.1) is 0 Å². The molecule has 1 aromatic carbocycles. The highest BCUT2D eigenvalue weighted by atomic mass is 16.3. The minimum Gasteiger partial charge on any atom is -0.396 e. The third-order valence-corrected chi connectivity index (χ3v) is 2.66. The van der Waals surface area contributed by atoms with Crippen molar-refractivity contribution in [1.82, 2.24) is 4.98 Å². The maximum Gasteiger partial charge on any atom is 0.0702 e. The molecule has 0 saturated heterocycles. The number of aromatic amines is 1. The number of fused-ring (bicyclic) bond motifs is 1. The second-order valence-electron chi connectivity index (χ2n) is 3.64. The number of aromatic nitrogens is 1. The minimum atomic E-state index is 0.0529. The summed E-state index contributed by atoms with van der Waals surface area (Å²) in [5.41, 5.74) is 3.13. The lowest BCUT2D eigenvalue weighted by Crippen LogP contribution is -1.88. The number of aliphatic hydroxyl groups excluding tert-OH is 2. The molecule has 3 heteroatoms. The van der Waals surface area contributed by atoms with Gasteiger partial charge in [0.25, 0.3) is 0 Å². The molecule has 80 valence electrons. The molecule has 1 aromatic heterocycles. The molecule has 3 N–H and O–H groups in total. The Morgan fingerprint density at radius 3 is 2.73 bits per heavy atom. The third-order valence-electron chi connectivity index (χ3n) is 2.66. The summed E-state index contributed by atoms with van der Waals surface area (Å²) in [7, 11) is 0. The zero-order valence-corrected chi connectivity index (χ0v) is 8.53. The van der Waals surface area contributed by atoms with Crippen molar-refractivity contribution in [1.29, 1.82) is 0 Å². The zero-order valence-electron chi connectivity index (χ0n) is 8.53. The van der Waals surface area contributed by atoms with Gasteiger partial charge in [0.1, 0.15) is 0 Å². The molecule has 3 nitrogen and oxygen atoms in total. The third kappa shape index (κ3) is 1.89. The highest BCUT2D eigenvalue weighted by Gasteiger charge is 2.05. The number of rotatable bonds is 4. The molecule has 2 rings (SSSR count). The van der Waals surface area contributed by atoms with Gasteiger partial charge in [-0.25, -0.2) is 0 Å². The zero-order chi connectivity index (χ0) is 10.7. The molecule has 2 aromatic rings. The molecule has 0 atom stereocenters. The fourth-order valence-electron chi connectivity index (χ4n) is 1.88. The second kappa shape index (κ2) is 4.47. The fourth-order valence-corrected chi connectivity index (χ4v) is 1.88. The number of nitrogens with one attached hydrogen (secondary N) is 1. The molecule has 15 heavy (non-hydrogen) atoms. The summed E-state index contributed by atoms with van der Waals surface area (Å²) >= 11 is 0. The van der Waals surface area contributed by atoms with Crippen LogP contribution in [0.25, 0.3) is 10.9 Å². The number of aliphatic hydroxyl groups is 2. The van der Waals surface area contributed by atoms with Gasteiger partial charge < -0.3 is 15.2 Å². The van der Waals surface area contributed by atoms with Crippen LogP contribution in [0.1, 0.15) is 17.5 Å². The summed E-state index contributed by atoms with van der Waals surface area (Å²) in [5, 5.41) is 19.1. The van der Waals surface area contributed by atoms with E-state index in [2.05, 4.69) is 4.98 Å². The molecule has 0 spiro atoms. The molecule has 0 aliphatic heterocycles. The maximum absolute atomic E-state index is 9.16. The predicted molar refractivity (Wildman–Crippen MR) is 59.6 cm³/mol. The average Bonchev–Trinajstić information content (AvgIpc) is 2.69. The van der Waals surface area contributed by atoms with Crippen molar-refractivity contribution in [3.63, 3.8) is 0 Å². The normalized spacial score (nSPS) is 11.1. The Morgan fingerprint density at radius 1 is 1.13 bits per heavy atom. The summed E-state index contributed by atoms with van der Waals surface area (Å²) in [5.74, 6) is 0. The first-order valence-electron chi connectivity index (χ1n) is 5.16. The highest BCUT2D eigenvalue weighted by molar-refractivity contribution is 5.85. The van der Waals surface area contributed by atoms with Crippen LogP contribution in [0.15, 0.2) is 24.4 Å². The van der Waals surface area contributed by atoms with E-state index in [1.165, 1.54) is 5.56 Å². The van der Waals surface area contributed by atoms with Gasteiger partial charge in [-0.1, -0.05) is 18.2 Å². The van der Waals surface area contributed by atoms with Gasteiger partial charge in [0.05, 0.1) is 12.1 Å². The molecule has 0 amide bonds. The second-order valence-corrected chi connectivity index (χ2v) is 3.64. The summed E-state index contributed by atoms with van der Waals surface area (Å²) in [6.07, 6.45) is 3.60. The summed E-state index contributed by atoms with van der Waals surface area (Å²) in [6, 6.07) is 5.90. The first kappa shape index (κ1) is 10.2. The average molecular weight is 205 g/mol. The van der Waals surface area contributed by atoms with Crippen molar-refractivity contribution in [2.24, 2.45) is 0 Å². The number of hydrogen-bond donors (Lipinski definition) is 3. The van der Waals surface area contributed by atoms with E-state index >= 15 is 0 Å². The van der Waals surface area contributed by atoms with Crippen molar-refractivity contribution < 1.29 is 10.2 Å². The van der Waals surface area contributed by atoms with Crippen molar-refractivity contribution in [3.05, 3.63) is 35.5 Å². The van der Waals surface area contributed by atoms with Crippen LogP contribution in [0.5, 0.6) is 0 Å². The van der Waals surface area contributed by atoms with E-state index < -0.39 is 0 Å². The topological polar surface area (TPSA) is 56.2 Å². The largest absolute Gasteiger partial charge is 0.396 e. The van der Waals surface area contributed by atoms with Crippen LogP contribution in [-0.4, -0.2) is 21.8 Å². The Kier molecular flexibility index (Phi) is 3.04. The molecular weight excluding hydrogens is 190 g/mol. The lowest BCUT2D eigenvalue weighted by Gasteiger charge is -2.00. The first-order chi connectivity index (χ1) is 7.36. The Morgan fingerprint density at radius 2 is 2.00 bits per heavy atom. The monoisotopic (exact) mass is 205 g/mol. The standard InChI is InChI=1S/C12H15NO2/c14-6-2-4-9-7-13-12-10(8-15)3-1-5-11(9)12/h1,3,5,7,13-15H,2,4,6,8H2. The smallest absolute Gasteiger partial charge is 0.0702 e. The number of H-pyrrole nitrogens is 1. The molecule has 0 fully saturated rings. The lowest BCUT2D eigenvalue weighted by atomic mass is 10.1. The van der Waals surface area contributed by atoms with Gasteiger partial charge in [-0.2, -0.15) is 0 Å². The van der Waals surface area contributed by atoms with Gasteiger partial charge in [-0.05, 0) is 18.4 Å². The number of aryl methyl sites for hydroxylation is 1. The number of benzene rings is 1. The molecular formula is C12H15NO2. The van der Waals surface area contributed by atoms with E-state index in [9.17, 15) is 0 Å². The van der Waals surface area contributed by atoms with E-state index in [1.807, 2.05) is 24.4 Å². The van der Waals surface area contributed by atoms with Crippen molar-refractivity contribution in [3.8, 4) is 0 Å². The molecule has 0 unspecified atom stereocenters. The first-order valence-corrected chi connectivity index (χ1v) is 5.16. The van der Waals surface area contributed by atoms with Crippen molar-refractivity contribution >= 4 is 10.9 Å². The van der Waals surface area contributed by atoms with Crippen molar-refractivity contribution in [2.45, 2.75) is 19.4 Å². The van der Waals surface area contributed by atoms with E-state index in [1.54, 1.807) is 0 Å².